The van der Waals surface area contributed by atoms with Gasteiger partial charge in [0.15, 0.2) is 0 Å². The first-order valence-electron chi connectivity index (χ1n) is 16.7. The van der Waals surface area contributed by atoms with Gasteiger partial charge in [-0.2, -0.15) is 71.8 Å². The molecule has 5 nitrogen and oxygen atoms in total. The first kappa shape index (κ1) is 39.6. The Morgan fingerprint density at radius 2 is 1.23 bits per heavy atom. The van der Waals surface area contributed by atoms with E-state index in [4.69, 9.17) is 9.30 Å². The van der Waals surface area contributed by atoms with Crippen molar-refractivity contribution in [2.75, 3.05) is 0 Å². The molecule has 0 amide bonds. The van der Waals surface area contributed by atoms with E-state index in [2.05, 4.69) is 148 Å². The monoisotopic (exact) mass is 858 g/mol. The van der Waals surface area contributed by atoms with E-state index < -0.39 is 0 Å². The Kier molecular flexibility index (Phi) is 14.0. The summed E-state index contributed by atoms with van der Waals surface area (Å²) in [6.07, 6.45) is 5.88. The van der Waals surface area contributed by atoms with Crippen LogP contribution in [-0.4, -0.2) is 9.38 Å². The summed E-state index contributed by atoms with van der Waals surface area (Å²) in [4.78, 5) is 17.1. The predicted octanol–water partition coefficient (Wildman–Crippen LogP) is 9.37. The zero-order chi connectivity index (χ0) is 36.4. The average Bonchev–Trinajstić information content (AvgIpc) is 3.17. The number of aromatic nitrogens is 2. The largest absolute Gasteiger partial charge is 3.00 e. The first-order chi connectivity index (χ1) is 24.8. The summed E-state index contributed by atoms with van der Waals surface area (Å²) < 4.78 is 17.0. The van der Waals surface area contributed by atoms with Gasteiger partial charge in [0.25, 0.3) is 5.56 Å². The third-order valence-corrected chi connectivity index (χ3v) is 8.88. The van der Waals surface area contributed by atoms with Crippen LogP contribution in [0.2, 0.25) is 0 Å². The van der Waals surface area contributed by atoms with Crippen molar-refractivity contribution in [3.05, 3.63) is 191 Å². The molecule has 0 aliphatic rings. The van der Waals surface area contributed by atoms with Crippen LogP contribution in [0.15, 0.2) is 126 Å². The summed E-state index contributed by atoms with van der Waals surface area (Å²) in [5.41, 5.74) is 11.0. The molecule has 0 saturated carbocycles. The molecular weight excluding hydrogens is 821 g/mol. The van der Waals surface area contributed by atoms with E-state index in [9.17, 15) is 4.79 Å². The van der Waals surface area contributed by atoms with Gasteiger partial charge in [-0.15, -0.1) is 29.0 Å². The molecule has 5 aromatic carbocycles. The Morgan fingerprint density at radius 3 is 1.77 bits per heavy atom. The van der Waals surface area contributed by atoms with Crippen molar-refractivity contribution in [3.8, 4) is 22.3 Å². The van der Waals surface area contributed by atoms with Crippen molar-refractivity contribution in [2.45, 2.75) is 51.9 Å². The smallest absolute Gasteiger partial charge is 3.00 e. The molecule has 2 aromatic heterocycles. The molecule has 0 aliphatic heterocycles. The second-order valence-corrected chi connectivity index (χ2v) is 13.4. The number of aryl methyl sites for hydroxylation is 4. The third kappa shape index (κ3) is 9.39. The summed E-state index contributed by atoms with van der Waals surface area (Å²) >= 11 is 0. The van der Waals surface area contributed by atoms with Crippen LogP contribution in [0.1, 0.15) is 48.7 Å². The topological polar surface area (TPSA) is 74.2 Å². The van der Waals surface area contributed by atoms with E-state index in [0.717, 1.165) is 53.3 Å². The summed E-state index contributed by atoms with van der Waals surface area (Å²) in [5, 5.41) is 1.85. The van der Waals surface area contributed by atoms with E-state index in [0.29, 0.717) is 5.65 Å². The van der Waals surface area contributed by atoms with Gasteiger partial charge in [0, 0.05) is 17.2 Å². The zero-order valence-corrected chi connectivity index (χ0v) is 31.7. The Labute approximate surface area is 319 Å². The molecule has 0 bridgehead atoms. The van der Waals surface area contributed by atoms with Crippen LogP contribution in [-0.2, 0) is 60.5 Å². The fourth-order valence-electron chi connectivity index (χ4n) is 6.49. The second kappa shape index (κ2) is 18.4. The summed E-state index contributed by atoms with van der Waals surface area (Å²) in [6, 6.07) is 50.2. The number of rotatable bonds is 8. The van der Waals surface area contributed by atoms with E-state index in [1.54, 1.807) is 6.07 Å². The van der Waals surface area contributed by atoms with Crippen molar-refractivity contribution in [2.24, 2.45) is 0 Å². The Hall–Kier alpha value is -5.15. The van der Waals surface area contributed by atoms with Crippen molar-refractivity contribution in [3.63, 3.8) is 0 Å². The molecule has 2 heterocycles. The molecule has 6 heteroatoms. The molecule has 0 unspecified atom stereocenters. The van der Waals surface area contributed by atoms with Gasteiger partial charge in [0.1, 0.15) is 0 Å². The number of nitrogens with zero attached hydrogens (tertiary/aromatic N) is 2. The van der Waals surface area contributed by atoms with Crippen molar-refractivity contribution in [1.29, 1.82) is 0 Å². The zero-order valence-electron chi connectivity index (χ0n) is 29.3. The molecule has 258 valence electrons. The van der Waals surface area contributed by atoms with Gasteiger partial charge in [-0.05, 0) is 41.3 Å². The third-order valence-electron chi connectivity index (χ3n) is 8.88. The van der Waals surface area contributed by atoms with Crippen LogP contribution in [0.25, 0.3) is 38.7 Å². The van der Waals surface area contributed by atoms with E-state index in [1.807, 2.05) is 28.8 Å². The van der Waals surface area contributed by atoms with Crippen LogP contribution >= 0.6 is 0 Å². The molecule has 0 spiro atoms. The molecule has 0 fully saturated rings. The molecule has 7 aromatic rings. The predicted molar refractivity (Wildman–Crippen MR) is 201 cm³/mol. The number of hydrogen-bond donors (Lipinski definition) is 0. The molecule has 7 rings (SSSR count). The van der Waals surface area contributed by atoms with Gasteiger partial charge in [0.05, 0.1) is 5.65 Å². The van der Waals surface area contributed by atoms with Crippen molar-refractivity contribution in [1.82, 2.24) is 9.38 Å². The van der Waals surface area contributed by atoms with Gasteiger partial charge >= 0.3 is 42.7 Å². The summed E-state index contributed by atoms with van der Waals surface area (Å²) in [7, 11) is 0. The van der Waals surface area contributed by atoms with Gasteiger partial charge in [0.2, 0.25) is 0 Å². The molecule has 0 aliphatic carbocycles. The Balaban J connectivity index is 0.00000117. The van der Waals surface area contributed by atoms with Crippen molar-refractivity contribution >= 4 is 16.4 Å². The summed E-state index contributed by atoms with van der Waals surface area (Å²) in [6.45, 7) is 15.3. The van der Waals surface area contributed by atoms with Crippen LogP contribution in [0.5, 0.6) is 0 Å². The minimum atomic E-state index is -0.225. The minimum Gasteiger partial charge on any atom is 3.00 e. The molecule has 0 saturated heterocycles. The fraction of sp³-hybridized carbons (Fsp3) is 0.174. The second-order valence-electron chi connectivity index (χ2n) is 13.4. The standard InChI is InChI=1S/C44H37N2O.2CO.Ir/c1-44(2,3)41-30-42(47)45-43-40-23-22-35(29-36(40)24-25-46(41)43)38-16-10-11-17-39(38)37-27-33(20-18-31-12-6-4-7-13-31)26-34(28-37)21-19-32-14-8-5-9-15-32;2*1-2;/h4-6,8,10-17,22,24-30H,18-21H2,1-3H3;;;/q-3;;;+3. The minimum absolute atomic E-state index is 0. The molecule has 0 N–H and O–H groups in total. The number of benzene rings is 5. The average molecular weight is 858 g/mol. The van der Waals surface area contributed by atoms with E-state index >= 15 is 0 Å². The van der Waals surface area contributed by atoms with E-state index in [-0.39, 0.29) is 31.1 Å². The number of fused-ring (bicyclic) bond motifs is 3. The number of hydrogen-bond acceptors (Lipinski definition) is 2. The van der Waals surface area contributed by atoms with Crippen molar-refractivity contribution < 1.29 is 29.4 Å². The molecule has 0 atom stereocenters. The fourth-order valence-corrected chi connectivity index (χ4v) is 6.49. The van der Waals surface area contributed by atoms with Gasteiger partial charge in [-0.3, -0.25) is 4.79 Å². The number of pyridine rings is 1. The maximum Gasteiger partial charge on any atom is 3.00 e. The Bertz CT molecular complexity index is 2290. The quantitative estimate of drug-likeness (QED) is 0.0869. The van der Waals surface area contributed by atoms with Crippen LogP contribution in [0.3, 0.4) is 0 Å². The van der Waals surface area contributed by atoms with Crippen LogP contribution in [0.4, 0.5) is 0 Å². The van der Waals surface area contributed by atoms with Gasteiger partial charge in [-0.1, -0.05) is 93.3 Å². The van der Waals surface area contributed by atoms with Crippen LogP contribution in [0, 0.1) is 31.5 Å². The molecule has 52 heavy (non-hydrogen) atoms. The molecular formula is C46H37IrN2O3. The normalized spacial score (nSPS) is 10.7. The maximum absolute atomic E-state index is 12.7. The van der Waals surface area contributed by atoms with Gasteiger partial charge < -0.3 is 4.40 Å². The Morgan fingerprint density at radius 1 is 0.673 bits per heavy atom. The first-order valence-corrected chi connectivity index (χ1v) is 16.7. The maximum atomic E-state index is 12.7. The molecule has 0 radical (unpaired) electrons. The van der Waals surface area contributed by atoms with Crippen LogP contribution < -0.4 is 5.56 Å². The van der Waals surface area contributed by atoms with E-state index in [1.165, 1.54) is 33.4 Å². The SMILES string of the molecule is CC(C)(C)c1cc(=O)nc2c3[c-]cc(-c4ccccc4-c4cc(CCc5c[c-]ccc5)cc(CCc5c[c-]ccc5)c4)cc3ccn12.[C-]#[O+].[C-]#[O+].[Ir+3]. The summed E-state index contributed by atoms with van der Waals surface area (Å²) in [5.74, 6) is 0. The van der Waals surface area contributed by atoms with Gasteiger partial charge in [-0.25, -0.2) is 4.98 Å².